The number of nitrogens with zero attached hydrogens (tertiary/aromatic N) is 3. The number of hydrogen-bond acceptors (Lipinski definition) is 8. The van der Waals surface area contributed by atoms with E-state index in [0.29, 0.717) is 36.0 Å². The van der Waals surface area contributed by atoms with E-state index in [-0.39, 0.29) is 54.0 Å². The molecule has 4 N–H and O–H groups in total. The molecular weight excluding hydrogens is 617 g/mol. The summed E-state index contributed by atoms with van der Waals surface area (Å²) in [4.78, 5) is 17.7. The number of nitrogen functional groups attached to an aromatic ring is 1. The van der Waals surface area contributed by atoms with Gasteiger partial charge in [-0.2, -0.15) is 0 Å². The Bertz CT molecular complexity index is 1400. The van der Waals surface area contributed by atoms with Crippen molar-refractivity contribution in [3.63, 3.8) is 0 Å². The highest BCUT2D eigenvalue weighted by atomic mass is 35.5. The van der Waals surface area contributed by atoms with Crippen molar-refractivity contribution < 1.29 is 27.8 Å². The number of hydrogen-bond donors (Lipinski definition) is 3. The molecule has 0 unspecified atom stereocenters. The van der Waals surface area contributed by atoms with Crippen molar-refractivity contribution in [1.82, 2.24) is 4.90 Å². The van der Waals surface area contributed by atoms with Crippen LogP contribution in [-0.4, -0.2) is 80.9 Å². The average Bonchev–Trinajstić information content (AvgIpc) is 3.43. The summed E-state index contributed by atoms with van der Waals surface area (Å²) in [7, 11) is -4.22. The Morgan fingerprint density at radius 1 is 1.24 bits per heavy atom. The van der Waals surface area contributed by atoms with Gasteiger partial charge in [0.25, 0.3) is 6.02 Å². The summed E-state index contributed by atoms with van der Waals surface area (Å²) in [6, 6.07) is 12.2. The average molecular weight is 649 g/mol. The number of ether oxygens (including phenoxy) is 2. The summed E-state index contributed by atoms with van der Waals surface area (Å²) in [6.45, 7) is 2.62. The number of nitrogens with two attached hydrogens (primary N) is 1. The van der Waals surface area contributed by atoms with Crippen molar-refractivity contribution in [3.8, 4) is 5.75 Å². The molecule has 2 aliphatic rings. The Balaban J connectivity index is 0.00000294. The maximum absolute atomic E-state index is 12.9. The molecular formula is C26H32Cl3N5O6S. The van der Waals surface area contributed by atoms with Gasteiger partial charge in [-0.3, -0.25) is 14.5 Å². The van der Waals surface area contributed by atoms with Crippen molar-refractivity contribution in [2.24, 2.45) is 10.7 Å². The van der Waals surface area contributed by atoms with E-state index < -0.39 is 21.7 Å². The minimum Gasteiger partial charge on any atom is -0.489 e. The van der Waals surface area contributed by atoms with Crippen molar-refractivity contribution in [3.05, 3.63) is 64.7 Å². The molecule has 0 saturated carbocycles. The van der Waals surface area contributed by atoms with E-state index in [2.05, 4.69) is 9.89 Å². The molecule has 0 aliphatic carbocycles. The van der Waals surface area contributed by atoms with Crippen LogP contribution in [0.2, 0.25) is 5.02 Å². The Hall–Kier alpha value is -3.19. The number of benzene rings is 2. The van der Waals surface area contributed by atoms with E-state index in [1.807, 2.05) is 0 Å². The van der Waals surface area contributed by atoms with Crippen LogP contribution in [0.1, 0.15) is 24.0 Å². The van der Waals surface area contributed by atoms with Gasteiger partial charge in [-0.15, -0.1) is 24.8 Å². The van der Waals surface area contributed by atoms with Gasteiger partial charge < -0.3 is 25.2 Å². The fraction of sp³-hybridized carbons (Fsp3) is 0.346. The molecule has 2 aromatic carbocycles. The molecule has 0 spiro atoms. The maximum Gasteiger partial charge on any atom is 0.320 e. The number of likely N-dealkylation sites (tertiary alicyclic amines) is 1. The third-order valence-corrected chi connectivity index (χ3v) is 8.14. The van der Waals surface area contributed by atoms with Crippen LogP contribution in [0, 0.1) is 5.41 Å². The summed E-state index contributed by atoms with van der Waals surface area (Å²) in [5.41, 5.74) is 6.98. The number of rotatable bonds is 10. The quantitative estimate of drug-likeness (QED) is 0.260. The first-order chi connectivity index (χ1) is 18.6. The van der Waals surface area contributed by atoms with E-state index in [1.165, 1.54) is 6.07 Å². The molecule has 1 fully saturated rings. The fourth-order valence-electron chi connectivity index (χ4n) is 4.31. The summed E-state index contributed by atoms with van der Waals surface area (Å²) >= 11 is 6.50. The summed E-state index contributed by atoms with van der Waals surface area (Å²) < 4.78 is 38.5. The number of nitrogens with one attached hydrogen (secondary N) is 1. The number of halogens is 3. The summed E-state index contributed by atoms with van der Waals surface area (Å²) in [6.07, 6.45) is 4.67. The lowest BCUT2D eigenvalue weighted by atomic mass is 10.1. The minimum atomic E-state index is -4.22. The number of carboxylic acids is 1. The fourth-order valence-corrected chi connectivity index (χ4v) is 5.74. The van der Waals surface area contributed by atoms with Gasteiger partial charge >= 0.3 is 5.97 Å². The van der Waals surface area contributed by atoms with Gasteiger partial charge in [0.1, 0.15) is 24.3 Å². The van der Waals surface area contributed by atoms with Crippen LogP contribution < -0.4 is 14.8 Å². The molecule has 0 aromatic heterocycles. The first-order valence-electron chi connectivity index (χ1n) is 12.3. The molecule has 2 heterocycles. The highest BCUT2D eigenvalue weighted by Crippen LogP contribution is 2.33. The van der Waals surface area contributed by atoms with E-state index in [0.717, 1.165) is 30.2 Å². The number of carbonyl (C=O) groups is 1. The highest BCUT2D eigenvalue weighted by Gasteiger charge is 2.28. The van der Waals surface area contributed by atoms with Gasteiger partial charge in [0.2, 0.25) is 10.0 Å². The molecule has 4 rings (SSSR count). The lowest BCUT2D eigenvalue weighted by molar-refractivity contribution is -0.134. The standard InChI is InChI=1S/C26H30ClN5O6S.2ClH/c27-22-16-20(6-7-23(22)38-21-8-12-31(13-9-21)26-30-10-14-37-26)32(39(35,36)17-24(33)34)11-2-4-18-3-1-5-19(15-18)25(28)29;;/h1-7,15-16,21H,8-14,17H2,(H3,28,29)(H,33,34);2*1H/b4-2+;;. The Kier molecular flexibility index (Phi) is 12.6. The Morgan fingerprint density at radius 2 is 1.98 bits per heavy atom. The largest absolute Gasteiger partial charge is 0.489 e. The van der Waals surface area contributed by atoms with Gasteiger partial charge in [-0.25, -0.2) is 13.4 Å². The molecule has 2 aliphatic heterocycles. The molecule has 15 heteroatoms. The first kappa shape index (κ1) is 34.0. The summed E-state index contributed by atoms with van der Waals surface area (Å²) in [5.74, 6) is -2.22. The van der Waals surface area contributed by atoms with Crippen molar-refractivity contribution in [1.29, 1.82) is 5.41 Å². The Morgan fingerprint density at radius 3 is 2.59 bits per heavy atom. The van der Waals surface area contributed by atoms with Crippen molar-refractivity contribution >= 4 is 76.0 Å². The molecule has 41 heavy (non-hydrogen) atoms. The van der Waals surface area contributed by atoms with Crippen molar-refractivity contribution in [2.45, 2.75) is 18.9 Å². The van der Waals surface area contributed by atoms with Crippen LogP contribution in [0.25, 0.3) is 6.08 Å². The second-order valence-corrected chi connectivity index (χ2v) is 11.4. The zero-order valence-corrected chi connectivity index (χ0v) is 25.1. The SMILES string of the molecule is Cl.Cl.N=C(N)c1cccc(/C=C/CN(c2ccc(OC3CCN(C4=NCCO4)CC3)c(Cl)c2)S(=O)(=O)CC(=O)O)c1. The normalized spacial score (nSPS) is 15.3. The maximum atomic E-state index is 12.9. The van der Waals surface area contributed by atoms with E-state index in [4.69, 9.17) is 32.2 Å². The number of aliphatic imine (C=N–C) groups is 1. The molecule has 2 aromatic rings. The zero-order chi connectivity index (χ0) is 28.0. The van der Waals surface area contributed by atoms with Crippen LogP contribution in [-0.2, 0) is 19.6 Å². The molecule has 0 radical (unpaired) electrons. The van der Waals surface area contributed by atoms with Crippen LogP contribution in [0.3, 0.4) is 0 Å². The summed E-state index contributed by atoms with van der Waals surface area (Å²) in [5, 5.41) is 17.0. The van der Waals surface area contributed by atoms with E-state index in [1.54, 1.807) is 48.6 Å². The molecule has 224 valence electrons. The topological polar surface area (TPSA) is 159 Å². The van der Waals surface area contributed by atoms with Crippen LogP contribution in [0.5, 0.6) is 5.75 Å². The second kappa shape index (κ2) is 15.2. The van der Waals surface area contributed by atoms with E-state index >= 15 is 0 Å². The number of aliphatic carboxylic acids is 1. The molecule has 0 atom stereocenters. The molecule has 11 nitrogen and oxygen atoms in total. The second-order valence-electron chi connectivity index (χ2n) is 9.05. The van der Waals surface area contributed by atoms with Crippen LogP contribution in [0.4, 0.5) is 5.69 Å². The van der Waals surface area contributed by atoms with Gasteiger partial charge in [-0.1, -0.05) is 42.0 Å². The smallest absolute Gasteiger partial charge is 0.320 e. The van der Waals surface area contributed by atoms with Crippen LogP contribution >= 0.6 is 36.4 Å². The zero-order valence-electron chi connectivity index (χ0n) is 21.9. The van der Waals surface area contributed by atoms with Gasteiger partial charge in [0.15, 0.2) is 5.75 Å². The number of sulfonamides is 1. The van der Waals surface area contributed by atoms with Gasteiger partial charge in [-0.05, 0) is 29.8 Å². The molecule has 1 saturated heterocycles. The lowest BCUT2D eigenvalue weighted by Crippen LogP contribution is -2.42. The van der Waals surface area contributed by atoms with Gasteiger partial charge in [0.05, 0.1) is 23.8 Å². The first-order valence-corrected chi connectivity index (χ1v) is 14.3. The lowest BCUT2D eigenvalue weighted by Gasteiger charge is -2.32. The number of anilines is 1. The van der Waals surface area contributed by atoms with Crippen LogP contribution in [0.15, 0.2) is 53.5 Å². The monoisotopic (exact) mass is 647 g/mol. The number of carboxylic acid groups (broad SMARTS) is 1. The molecule has 0 amide bonds. The highest BCUT2D eigenvalue weighted by molar-refractivity contribution is 7.93. The number of piperidine rings is 1. The minimum absolute atomic E-state index is 0. The van der Waals surface area contributed by atoms with Crippen molar-refractivity contribution in [2.75, 3.05) is 42.8 Å². The van der Waals surface area contributed by atoms with Gasteiger partial charge in [0, 0.05) is 31.5 Å². The van der Waals surface area contributed by atoms with E-state index in [9.17, 15) is 18.3 Å². The Labute approximate surface area is 256 Å². The predicted molar refractivity (Wildman–Crippen MR) is 165 cm³/mol. The predicted octanol–water partition coefficient (Wildman–Crippen LogP) is 3.63. The molecule has 0 bridgehead atoms. The third-order valence-electron chi connectivity index (χ3n) is 6.20. The number of amidine groups is 2. The third kappa shape index (κ3) is 9.15.